The van der Waals surface area contributed by atoms with Crippen molar-refractivity contribution in [1.29, 1.82) is 0 Å². The fourth-order valence-corrected chi connectivity index (χ4v) is 4.42. The number of rotatable bonds is 15. The smallest absolute Gasteiger partial charge is 0.227 e. The molecule has 0 unspecified atom stereocenters. The number of anilines is 2. The van der Waals surface area contributed by atoms with Crippen molar-refractivity contribution in [3.63, 3.8) is 0 Å². The molecule has 4 nitrogen and oxygen atoms in total. The minimum Gasteiger partial charge on any atom is -0.326 e. The van der Waals surface area contributed by atoms with Gasteiger partial charge in [0.2, 0.25) is 11.8 Å². The quantitative estimate of drug-likeness (QED) is 0.279. The van der Waals surface area contributed by atoms with Crippen molar-refractivity contribution in [1.82, 2.24) is 0 Å². The van der Waals surface area contributed by atoms with Crippen LogP contribution in [0.25, 0.3) is 0 Å². The van der Waals surface area contributed by atoms with Crippen LogP contribution < -0.4 is 10.6 Å². The molecule has 0 bridgehead atoms. The lowest BCUT2D eigenvalue weighted by Gasteiger charge is -2.20. The number of hydrogen-bond donors (Lipinski definition) is 2. The van der Waals surface area contributed by atoms with Gasteiger partial charge in [0.05, 0.1) is 0 Å². The molecule has 1 aromatic rings. The zero-order valence-electron chi connectivity index (χ0n) is 19.7. The summed E-state index contributed by atoms with van der Waals surface area (Å²) in [5, 5.41) is 5.99. The van der Waals surface area contributed by atoms with Gasteiger partial charge in [-0.3, -0.25) is 9.59 Å². The summed E-state index contributed by atoms with van der Waals surface area (Å²) in [6.07, 6.45) is 20.3. The summed E-state index contributed by atoms with van der Waals surface area (Å²) in [5.41, 5.74) is 1.60. The van der Waals surface area contributed by atoms with E-state index in [0.717, 1.165) is 49.9 Å². The second-order valence-electron chi connectivity index (χ2n) is 9.24. The minimum absolute atomic E-state index is 0.0786. The third kappa shape index (κ3) is 11.4. The van der Waals surface area contributed by atoms with E-state index in [1.807, 2.05) is 24.3 Å². The third-order valence-electron chi connectivity index (χ3n) is 6.42. The zero-order chi connectivity index (χ0) is 22.2. The number of unbranched alkanes of at least 4 members (excludes halogenated alkanes) is 10. The summed E-state index contributed by atoms with van der Waals surface area (Å²) in [7, 11) is 0. The molecule has 1 aliphatic rings. The Hall–Kier alpha value is -1.84. The van der Waals surface area contributed by atoms with Gasteiger partial charge in [0.25, 0.3) is 0 Å². The molecular weight excluding hydrogens is 384 g/mol. The average molecular weight is 429 g/mol. The summed E-state index contributed by atoms with van der Waals surface area (Å²) < 4.78 is 0. The predicted molar refractivity (Wildman–Crippen MR) is 131 cm³/mol. The number of nitrogens with one attached hydrogen (secondary N) is 2. The van der Waals surface area contributed by atoms with Gasteiger partial charge in [-0.2, -0.15) is 0 Å². The lowest BCUT2D eigenvalue weighted by atomic mass is 9.88. The Bertz CT molecular complexity index is 621. The fraction of sp³-hybridized carbons (Fsp3) is 0.704. The Morgan fingerprint density at radius 2 is 1.19 bits per heavy atom. The van der Waals surface area contributed by atoms with E-state index >= 15 is 0 Å². The van der Waals surface area contributed by atoms with Crippen molar-refractivity contribution in [2.24, 2.45) is 5.92 Å². The molecule has 2 N–H and O–H groups in total. The molecule has 2 rings (SSSR count). The van der Waals surface area contributed by atoms with Crippen molar-refractivity contribution in [2.45, 2.75) is 116 Å². The fourth-order valence-electron chi connectivity index (χ4n) is 4.42. The van der Waals surface area contributed by atoms with E-state index in [4.69, 9.17) is 0 Å². The minimum atomic E-state index is 0.0786. The summed E-state index contributed by atoms with van der Waals surface area (Å²) in [6.45, 7) is 2.26. The highest BCUT2D eigenvalue weighted by atomic mass is 16.2. The van der Waals surface area contributed by atoms with Crippen molar-refractivity contribution < 1.29 is 9.59 Å². The SMILES string of the molecule is CCCCCCCCCCCCCC(=O)Nc1ccc(NC(=O)C2CCCCC2)cc1. The van der Waals surface area contributed by atoms with Crippen molar-refractivity contribution in [2.75, 3.05) is 10.6 Å². The molecule has 0 aliphatic heterocycles. The largest absolute Gasteiger partial charge is 0.326 e. The highest BCUT2D eigenvalue weighted by Crippen LogP contribution is 2.25. The van der Waals surface area contributed by atoms with E-state index < -0.39 is 0 Å². The maximum absolute atomic E-state index is 12.3. The van der Waals surface area contributed by atoms with Gasteiger partial charge >= 0.3 is 0 Å². The number of hydrogen-bond acceptors (Lipinski definition) is 2. The van der Waals surface area contributed by atoms with Crippen LogP contribution in [0.1, 0.15) is 116 Å². The van der Waals surface area contributed by atoms with Gasteiger partial charge in [-0.15, -0.1) is 0 Å². The third-order valence-corrected chi connectivity index (χ3v) is 6.42. The van der Waals surface area contributed by atoms with Gasteiger partial charge in [-0.25, -0.2) is 0 Å². The van der Waals surface area contributed by atoms with Gasteiger partial charge < -0.3 is 10.6 Å². The Balaban J connectivity index is 1.51. The van der Waals surface area contributed by atoms with Crippen LogP contribution >= 0.6 is 0 Å². The van der Waals surface area contributed by atoms with Crippen LogP contribution in [0.3, 0.4) is 0 Å². The van der Waals surface area contributed by atoms with Crippen LogP contribution in [-0.4, -0.2) is 11.8 Å². The maximum atomic E-state index is 12.3. The highest BCUT2D eigenvalue weighted by molar-refractivity contribution is 5.94. The molecular formula is C27H44N2O2. The van der Waals surface area contributed by atoms with E-state index in [2.05, 4.69) is 17.6 Å². The van der Waals surface area contributed by atoms with Crippen LogP contribution in [0, 0.1) is 5.92 Å². The van der Waals surface area contributed by atoms with Gasteiger partial charge in [0.1, 0.15) is 0 Å². The van der Waals surface area contributed by atoms with Crippen LogP contribution in [0.15, 0.2) is 24.3 Å². The topological polar surface area (TPSA) is 58.2 Å². The van der Waals surface area contributed by atoms with Gasteiger partial charge in [0.15, 0.2) is 0 Å². The van der Waals surface area contributed by atoms with E-state index in [9.17, 15) is 9.59 Å². The molecule has 0 aromatic heterocycles. The molecule has 0 atom stereocenters. The molecule has 2 amide bonds. The van der Waals surface area contributed by atoms with Crippen LogP contribution in [0.2, 0.25) is 0 Å². The highest BCUT2D eigenvalue weighted by Gasteiger charge is 2.20. The molecule has 174 valence electrons. The molecule has 0 saturated heterocycles. The molecule has 1 aliphatic carbocycles. The van der Waals surface area contributed by atoms with E-state index in [1.54, 1.807) is 0 Å². The first-order chi connectivity index (χ1) is 15.2. The Kier molecular flexibility index (Phi) is 13.0. The van der Waals surface area contributed by atoms with Crippen molar-refractivity contribution in [3.8, 4) is 0 Å². The number of benzene rings is 1. The van der Waals surface area contributed by atoms with Crippen molar-refractivity contribution >= 4 is 23.2 Å². The summed E-state index contributed by atoms with van der Waals surface area (Å²) in [4.78, 5) is 24.5. The molecule has 0 radical (unpaired) electrons. The first-order valence-electron chi connectivity index (χ1n) is 12.9. The van der Waals surface area contributed by atoms with Gasteiger partial charge in [-0.1, -0.05) is 90.4 Å². The first kappa shape index (κ1) is 25.4. The van der Waals surface area contributed by atoms with E-state index in [-0.39, 0.29) is 17.7 Å². The summed E-state index contributed by atoms with van der Waals surface area (Å²) in [5.74, 6) is 0.363. The second kappa shape index (κ2) is 15.9. The van der Waals surface area contributed by atoms with Gasteiger partial charge in [0, 0.05) is 23.7 Å². The lowest BCUT2D eigenvalue weighted by Crippen LogP contribution is -2.24. The Morgan fingerprint density at radius 1 is 0.710 bits per heavy atom. The molecule has 1 aromatic carbocycles. The second-order valence-corrected chi connectivity index (χ2v) is 9.24. The molecule has 0 heterocycles. The predicted octanol–water partition coefficient (Wildman–Crippen LogP) is 7.85. The Labute approximate surface area is 190 Å². The van der Waals surface area contributed by atoms with Crippen molar-refractivity contribution in [3.05, 3.63) is 24.3 Å². The lowest BCUT2D eigenvalue weighted by molar-refractivity contribution is -0.120. The zero-order valence-corrected chi connectivity index (χ0v) is 19.7. The molecule has 0 spiro atoms. The maximum Gasteiger partial charge on any atom is 0.227 e. The normalized spacial score (nSPS) is 14.4. The molecule has 1 saturated carbocycles. The molecule has 31 heavy (non-hydrogen) atoms. The standard InChI is InChI=1S/C27H44N2O2/c1-2-3-4-5-6-7-8-9-10-11-15-18-26(30)28-24-19-21-25(22-20-24)29-27(31)23-16-13-12-14-17-23/h19-23H,2-18H2,1H3,(H,28,30)(H,29,31). The van der Waals surface area contributed by atoms with Crippen LogP contribution in [0.4, 0.5) is 11.4 Å². The van der Waals surface area contributed by atoms with E-state index in [1.165, 1.54) is 64.2 Å². The van der Waals surface area contributed by atoms with Crippen LogP contribution in [-0.2, 0) is 9.59 Å². The molecule has 1 fully saturated rings. The number of carbonyl (C=O) groups excluding carboxylic acids is 2. The average Bonchev–Trinajstić information content (AvgIpc) is 2.79. The Morgan fingerprint density at radius 3 is 1.74 bits per heavy atom. The number of amides is 2. The summed E-state index contributed by atoms with van der Waals surface area (Å²) in [6, 6.07) is 7.49. The van der Waals surface area contributed by atoms with Gasteiger partial charge in [-0.05, 0) is 43.5 Å². The molecule has 4 heteroatoms. The van der Waals surface area contributed by atoms with E-state index in [0.29, 0.717) is 6.42 Å². The summed E-state index contributed by atoms with van der Waals surface area (Å²) >= 11 is 0. The number of carbonyl (C=O) groups is 2. The first-order valence-corrected chi connectivity index (χ1v) is 12.9. The monoisotopic (exact) mass is 428 g/mol. The van der Waals surface area contributed by atoms with Crippen LogP contribution in [0.5, 0.6) is 0 Å².